The number of anilines is 1. The molecular weight excluding hydrogens is 374 g/mol. The molecule has 3 rings (SSSR count). The second-order valence-corrected chi connectivity index (χ2v) is 7.28. The highest BCUT2D eigenvalue weighted by molar-refractivity contribution is 6.04. The van der Waals surface area contributed by atoms with Crippen molar-refractivity contribution in [3.8, 4) is 11.5 Å². The van der Waals surface area contributed by atoms with Gasteiger partial charge in [0, 0.05) is 17.3 Å². The van der Waals surface area contributed by atoms with Gasteiger partial charge >= 0.3 is 0 Å². The SMILES string of the molecule is CCC(C)Oc1ccc(C(=O)Nc2cccc(OCCCc3ccccc3)c2)cc1. The highest BCUT2D eigenvalue weighted by atomic mass is 16.5. The summed E-state index contributed by atoms with van der Waals surface area (Å²) in [4.78, 5) is 12.5. The summed E-state index contributed by atoms with van der Waals surface area (Å²) in [5.74, 6) is 1.36. The molecule has 1 amide bonds. The van der Waals surface area contributed by atoms with Crippen molar-refractivity contribution < 1.29 is 14.3 Å². The summed E-state index contributed by atoms with van der Waals surface area (Å²) in [5, 5.41) is 2.93. The predicted molar refractivity (Wildman–Crippen MR) is 121 cm³/mol. The fourth-order valence-electron chi connectivity index (χ4n) is 2.98. The van der Waals surface area contributed by atoms with Crippen LogP contribution in [0.5, 0.6) is 11.5 Å². The number of ether oxygens (including phenoxy) is 2. The topological polar surface area (TPSA) is 47.6 Å². The lowest BCUT2D eigenvalue weighted by molar-refractivity contribution is 0.102. The Hall–Kier alpha value is -3.27. The van der Waals surface area contributed by atoms with Gasteiger partial charge in [0.15, 0.2) is 0 Å². The van der Waals surface area contributed by atoms with Crippen molar-refractivity contribution in [1.82, 2.24) is 0 Å². The molecular formula is C26H29NO3. The lowest BCUT2D eigenvalue weighted by Gasteiger charge is -2.13. The average molecular weight is 404 g/mol. The molecule has 0 aliphatic rings. The standard InChI is InChI=1S/C26H29NO3/c1-3-20(2)30-24-16-14-22(15-17-24)26(28)27-23-12-7-13-25(19-23)29-18-8-11-21-9-5-4-6-10-21/h4-7,9-10,12-17,19-20H,3,8,11,18H2,1-2H3,(H,27,28). The van der Waals surface area contributed by atoms with Crippen LogP contribution in [-0.4, -0.2) is 18.6 Å². The van der Waals surface area contributed by atoms with Gasteiger partial charge in [-0.25, -0.2) is 0 Å². The molecule has 4 heteroatoms. The van der Waals surface area contributed by atoms with Crippen LogP contribution in [0.15, 0.2) is 78.9 Å². The first-order chi connectivity index (χ1) is 14.6. The van der Waals surface area contributed by atoms with Crippen LogP contribution < -0.4 is 14.8 Å². The van der Waals surface area contributed by atoms with Gasteiger partial charge < -0.3 is 14.8 Å². The Morgan fingerprint density at radius 2 is 1.70 bits per heavy atom. The Balaban J connectivity index is 1.49. The van der Waals surface area contributed by atoms with Gasteiger partial charge in [0.1, 0.15) is 11.5 Å². The predicted octanol–water partition coefficient (Wildman–Crippen LogP) is 6.13. The number of carbonyl (C=O) groups excluding carboxylic acids is 1. The van der Waals surface area contributed by atoms with E-state index >= 15 is 0 Å². The molecule has 0 fully saturated rings. The van der Waals surface area contributed by atoms with E-state index in [4.69, 9.17) is 9.47 Å². The molecule has 0 radical (unpaired) electrons. The quantitative estimate of drug-likeness (QED) is 0.414. The molecule has 4 nitrogen and oxygen atoms in total. The molecule has 0 saturated heterocycles. The first kappa shape index (κ1) is 21.4. The zero-order valence-electron chi connectivity index (χ0n) is 17.6. The molecule has 0 aromatic heterocycles. The van der Waals surface area contributed by atoms with Crippen LogP contribution in [0, 0.1) is 0 Å². The summed E-state index contributed by atoms with van der Waals surface area (Å²) in [6, 6.07) is 25.1. The van der Waals surface area contributed by atoms with Gasteiger partial charge in [-0.05, 0) is 68.1 Å². The maximum absolute atomic E-state index is 12.5. The van der Waals surface area contributed by atoms with Crippen molar-refractivity contribution >= 4 is 11.6 Å². The number of benzene rings is 3. The molecule has 0 bridgehead atoms. The van der Waals surface area contributed by atoms with Crippen molar-refractivity contribution in [1.29, 1.82) is 0 Å². The Morgan fingerprint density at radius 3 is 2.43 bits per heavy atom. The average Bonchev–Trinajstić information content (AvgIpc) is 2.78. The molecule has 0 spiro atoms. The number of carbonyl (C=O) groups is 1. The third kappa shape index (κ3) is 6.66. The number of hydrogen-bond donors (Lipinski definition) is 1. The molecule has 156 valence electrons. The van der Waals surface area contributed by atoms with Crippen molar-refractivity contribution in [2.75, 3.05) is 11.9 Å². The Morgan fingerprint density at radius 1 is 0.933 bits per heavy atom. The number of rotatable bonds is 10. The van der Waals surface area contributed by atoms with Crippen molar-refractivity contribution in [2.45, 2.75) is 39.2 Å². The fraction of sp³-hybridized carbons (Fsp3) is 0.269. The molecule has 0 aliphatic carbocycles. The van der Waals surface area contributed by atoms with Crippen molar-refractivity contribution in [3.05, 3.63) is 90.0 Å². The van der Waals surface area contributed by atoms with Crippen LogP contribution in [0.3, 0.4) is 0 Å². The molecule has 1 N–H and O–H groups in total. The highest BCUT2D eigenvalue weighted by Crippen LogP contribution is 2.20. The lowest BCUT2D eigenvalue weighted by Crippen LogP contribution is -2.13. The zero-order valence-corrected chi connectivity index (χ0v) is 17.6. The summed E-state index contributed by atoms with van der Waals surface area (Å²) in [5.41, 5.74) is 2.60. The second-order valence-electron chi connectivity index (χ2n) is 7.28. The maximum atomic E-state index is 12.5. The number of amides is 1. The number of aryl methyl sites for hydroxylation is 1. The number of hydrogen-bond acceptors (Lipinski definition) is 3. The monoisotopic (exact) mass is 403 g/mol. The van der Waals surface area contributed by atoms with Crippen LogP contribution in [-0.2, 0) is 6.42 Å². The van der Waals surface area contributed by atoms with Gasteiger partial charge in [0.05, 0.1) is 12.7 Å². The van der Waals surface area contributed by atoms with Crippen molar-refractivity contribution in [3.63, 3.8) is 0 Å². The minimum absolute atomic E-state index is 0.153. The smallest absolute Gasteiger partial charge is 0.255 e. The van der Waals surface area contributed by atoms with E-state index < -0.39 is 0 Å². The highest BCUT2D eigenvalue weighted by Gasteiger charge is 2.08. The zero-order chi connectivity index (χ0) is 21.2. The summed E-state index contributed by atoms with van der Waals surface area (Å²) in [6.45, 7) is 4.73. The minimum Gasteiger partial charge on any atom is -0.494 e. The van der Waals surface area contributed by atoms with Crippen LogP contribution in [0.1, 0.15) is 42.6 Å². The number of nitrogens with one attached hydrogen (secondary N) is 1. The fourth-order valence-corrected chi connectivity index (χ4v) is 2.98. The van der Waals surface area contributed by atoms with Crippen molar-refractivity contribution in [2.24, 2.45) is 0 Å². The normalized spacial score (nSPS) is 11.5. The van der Waals surface area contributed by atoms with Crippen LogP contribution in [0.25, 0.3) is 0 Å². The first-order valence-electron chi connectivity index (χ1n) is 10.5. The van der Waals surface area contributed by atoms with E-state index in [1.807, 2.05) is 49.4 Å². The Labute approximate surface area is 178 Å². The first-order valence-corrected chi connectivity index (χ1v) is 10.5. The van der Waals surface area contributed by atoms with E-state index in [2.05, 4.69) is 36.5 Å². The van der Waals surface area contributed by atoms with E-state index in [-0.39, 0.29) is 12.0 Å². The van der Waals surface area contributed by atoms with Gasteiger partial charge in [-0.15, -0.1) is 0 Å². The van der Waals surface area contributed by atoms with E-state index in [0.717, 1.165) is 30.8 Å². The van der Waals surface area contributed by atoms with E-state index in [0.29, 0.717) is 17.9 Å². The lowest BCUT2D eigenvalue weighted by atomic mass is 10.1. The summed E-state index contributed by atoms with van der Waals surface area (Å²) in [7, 11) is 0. The molecule has 30 heavy (non-hydrogen) atoms. The van der Waals surface area contributed by atoms with E-state index in [1.165, 1.54) is 5.56 Å². The van der Waals surface area contributed by atoms with Gasteiger partial charge in [-0.1, -0.05) is 43.3 Å². The van der Waals surface area contributed by atoms with Crippen LogP contribution >= 0.6 is 0 Å². The van der Waals surface area contributed by atoms with Gasteiger partial charge in [0.2, 0.25) is 0 Å². The molecule has 1 unspecified atom stereocenters. The summed E-state index contributed by atoms with van der Waals surface area (Å²) in [6.07, 6.45) is 3.01. The molecule has 1 atom stereocenters. The molecule has 3 aromatic rings. The van der Waals surface area contributed by atoms with Gasteiger partial charge in [0.25, 0.3) is 5.91 Å². The van der Waals surface area contributed by atoms with Gasteiger partial charge in [-0.2, -0.15) is 0 Å². The largest absolute Gasteiger partial charge is 0.494 e. The van der Waals surface area contributed by atoms with E-state index in [9.17, 15) is 4.79 Å². The molecule has 3 aromatic carbocycles. The van der Waals surface area contributed by atoms with Gasteiger partial charge in [-0.3, -0.25) is 4.79 Å². The third-order valence-corrected chi connectivity index (χ3v) is 4.84. The van der Waals surface area contributed by atoms with Crippen LogP contribution in [0.2, 0.25) is 0 Å². The second kappa shape index (κ2) is 11.1. The Kier molecular flexibility index (Phi) is 7.90. The molecule has 0 aliphatic heterocycles. The Bertz CT molecular complexity index is 923. The summed E-state index contributed by atoms with van der Waals surface area (Å²) < 4.78 is 11.6. The third-order valence-electron chi connectivity index (χ3n) is 4.84. The summed E-state index contributed by atoms with van der Waals surface area (Å²) >= 11 is 0. The van der Waals surface area contributed by atoms with Crippen LogP contribution in [0.4, 0.5) is 5.69 Å². The molecule has 0 heterocycles. The maximum Gasteiger partial charge on any atom is 0.255 e. The van der Waals surface area contributed by atoms with E-state index in [1.54, 1.807) is 12.1 Å². The molecule has 0 saturated carbocycles. The minimum atomic E-state index is -0.161.